The number of carboxylic acids is 1. The number of aliphatic carboxylic acids is 1. The molecule has 3 aromatic rings. The summed E-state index contributed by atoms with van der Waals surface area (Å²) >= 11 is 0. The Balaban J connectivity index is 1.86. The summed E-state index contributed by atoms with van der Waals surface area (Å²) in [4.78, 5) is 11.2. The predicted octanol–water partition coefficient (Wildman–Crippen LogP) is 4.57. The lowest BCUT2D eigenvalue weighted by molar-refractivity contribution is -0.136. The van der Waals surface area contributed by atoms with Gasteiger partial charge in [-0.2, -0.15) is 0 Å². The lowest BCUT2D eigenvalue weighted by atomic mass is 9.97. The van der Waals surface area contributed by atoms with Crippen LogP contribution in [0.4, 0.5) is 0 Å². The Labute approximate surface area is 152 Å². The van der Waals surface area contributed by atoms with Crippen LogP contribution in [-0.2, 0) is 17.8 Å². The lowest BCUT2D eigenvalue weighted by Crippen LogP contribution is -2.02. The molecule has 26 heavy (non-hydrogen) atoms. The fourth-order valence-corrected chi connectivity index (χ4v) is 2.78. The van der Waals surface area contributed by atoms with Crippen LogP contribution in [0.5, 0.6) is 11.5 Å². The van der Waals surface area contributed by atoms with Gasteiger partial charge in [0.1, 0.15) is 18.1 Å². The van der Waals surface area contributed by atoms with E-state index in [1.54, 1.807) is 13.2 Å². The quantitative estimate of drug-likeness (QED) is 0.680. The Morgan fingerprint density at radius 3 is 2.46 bits per heavy atom. The summed E-state index contributed by atoms with van der Waals surface area (Å²) in [6.07, 6.45) is -0.0678. The van der Waals surface area contributed by atoms with Crippen LogP contribution in [0.2, 0.25) is 0 Å². The minimum Gasteiger partial charge on any atom is -0.497 e. The maximum absolute atomic E-state index is 11.2. The fraction of sp³-hybridized carbons (Fsp3) is 0.136. The lowest BCUT2D eigenvalue weighted by Gasteiger charge is -2.12. The van der Waals surface area contributed by atoms with Crippen molar-refractivity contribution in [1.29, 1.82) is 0 Å². The van der Waals surface area contributed by atoms with E-state index < -0.39 is 5.97 Å². The monoisotopic (exact) mass is 348 g/mol. The van der Waals surface area contributed by atoms with Crippen molar-refractivity contribution in [3.05, 3.63) is 83.9 Å². The molecule has 0 fully saturated rings. The standard InChI is InChI=1S/C22H20O4/c1-25-19-10-11-21(18(13-19)14-22(23)24)17-8-5-9-20(12-17)26-15-16-6-3-2-4-7-16/h2-13H,14-15H2,1H3,(H,23,24). The first-order valence-corrected chi connectivity index (χ1v) is 8.31. The third kappa shape index (κ3) is 4.42. The van der Waals surface area contributed by atoms with E-state index in [1.165, 1.54) is 0 Å². The van der Waals surface area contributed by atoms with Gasteiger partial charge in [-0.25, -0.2) is 0 Å². The highest BCUT2D eigenvalue weighted by Crippen LogP contribution is 2.30. The number of benzene rings is 3. The van der Waals surface area contributed by atoms with Crippen molar-refractivity contribution in [1.82, 2.24) is 0 Å². The average molecular weight is 348 g/mol. The molecular formula is C22H20O4. The van der Waals surface area contributed by atoms with E-state index in [-0.39, 0.29) is 6.42 Å². The molecule has 1 N–H and O–H groups in total. The summed E-state index contributed by atoms with van der Waals surface area (Å²) in [5, 5.41) is 9.20. The highest BCUT2D eigenvalue weighted by Gasteiger charge is 2.11. The van der Waals surface area contributed by atoms with Crippen molar-refractivity contribution in [2.45, 2.75) is 13.0 Å². The number of ether oxygens (including phenoxy) is 2. The molecule has 0 saturated heterocycles. The van der Waals surface area contributed by atoms with E-state index in [0.29, 0.717) is 17.9 Å². The molecule has 0 unspecified atom stereocenters. The molecular weight excluding hydrogens is 328 g/mol. The van der Waals surface area contributed by atoms with Crippen LogP contribution in [0.1, 0.15) is 11.1 Å². The van der Waals surface area contributed by atoms with Crippen molar-refractivity contribution in [2.24, 2.45) is 0 Å². The van der Waals surface area contributed by atoms with Gasteiger partial charge in [0.05, 0.1) is 13.5 Å². The van der Waals surface area contributed by atoms with Crippen LogP contribution in [-0.4, -0.2) is 18.2 Å². The Hall–Kier alpha value is -3.27. The maximum atomic E-state index is 11.2. The molecule has 3 aromatic carbocycles. The third-order valence-corrected chi connectivity index (χ3v) is 4.05. The van der Waals surface area contributed by atoms with E-state index in [9.17, 15) is 9.90 Å². The van der Waals surface area contributed by atoms with Crippen LogP contribution in [0.25, 0.3) is 11.1 Å². The van der Waals surface area contributed by atoms with Gasteiger partial charge < -0.3 is 14.6 Å². The number of hydrogen-bond acceptors (Lipinski definition) is 3. The minimum absolute atomic E-state index is 0.0678. The predicted molar refractivity (Wildman–Crippen MR) is 101 cm³/mol. The second kappa shape index (κ2) is 8.21. The summed E-state index contributed by atoms with van der Waals surface area (Å²) in [5.41, 5.74) is 3.57. The number of hydrogen-bond donors (Lipinski definition) is 1. The van der Waals surface area contributed by atoms with Crippen molar-refractivity contribution >= 4 is 5.97 Å². The van der Waals surface area contributed by atoms with E-state index in [2.05, 4.69) is 0 Å². The molecule has 0 aliphatic carbocycles. The molecule has 0 spiro atoms. The zero-order valence-corrected chi connectivity index (χ0v) is 14.5. The SMILES string of the molecule is COc1ccc(-c2cccc(OCc3ccccc3)c2)c(CC(=O)O)c1. The second-order valence-corrected chi connectivity index (χ2v) is 5.90. The van der Waals surface area contributed by atoms with Crippen molar-refractivity contribution in [2.75, 3.05) is 7.11 Å². The zero-order valence-electron chi connectivity index (χ0n) is 14.5. The molecule has 0 heterocycles. The van der Waals surface area contributed by atoms with Crippen LogP contribution >= 0.6 is 0 Å². The summed E-state index contributed by atoms with van der Waals surface area (Å²) in [7, 11) is 1.57. The Morgan fingerprint density at radius 2 is 1.73 bits per heavy atom. The van der Waals surface area contributed by atoms with Crippen molar-refractivity contribution in [3.8, 4) is 22.6 Å². The van der Waals surface area contributed by atoms with Gasteiger partial charge in [-0.1, -0.05) is 48.5 Å². The first kappa shape index (κ1) is 17.5. The van der Waals surface area contributed by atoms with Crippen LogP contribution in [0, 0.1) is 0 Å². The number of carbonyl (C=O) groups is 1. The highest BCUT2D eigenvalue weighted by molar-refractivity contribution is 5.77. The Bertz CT molecular complexity index is 888. The summed E-state index contributed by atoms with van der Waals surface area (Å²) in [6.45, 7) is 0.481. The molecule has 0 amide bonds. The smallest absolute Gasteiger partial charge is 0.307 e. The molecule has 0 radical (unpaired) electrons. The van der Waals surface area contributed by atoms with Gasteiger partial charge in [-0.3, -0.25) is 4.79 Å². The molecule has 0 aliphatic heterocycles. The molecule has 0 aromatic heterocycles. The summed E-state index contributed by atoms with van der Waals surface area (Å²) in [5.74, 6) is 0.501. The molecule has 3 rings (SSSR count). The van der Waals surface area contributed by atoms with Gasteiger partial charge in [0.25, 0.3) is 0 Å². The van der Waals surface area contributed by atoms with Crippen LogP contribution in [0.3, 0.4) is 0 Å². The molecule has 0 bridgehead atoms. The van der Waals surface area contributed by atoms with E-state index >= 15 is 0 Å². The van der Waals surface area contributed by atoms with Crippen LogP contribution in [0.15, 0.2) is 72.8 Å². The molecule has 4 nitrogen and oxygen atoms in total. The summed E-state index contributed by atoms with van der Waals surface area (Å²) < 4.78 is 11.1. The van der Waals surface area contributed by atoms with Crippen LogP contribution < -0.4 is 9.47 Å². The van der Waals surface area contributed by atoms with Gasteiger partial charge in [0, 0.05) is 0 Å². The first-order chi connectivity index (χ1) is 12.7. The van der Waals surface area contributed by atoms with Gasteiger partial charge >= 0.3 is 5.97 Å². The van der Waals surface area contributed by atoms with Gasteiger partial charge in [-0.15, -0.1) is 0 Å². The number of rotatable bonds is 7. The average Bonchev–Trinajstić information content (AvgIpc) is 2.67. The van der Waals surface area contributed by atoms with E-state index in [0.717, 1.165) is 22.4 Å². The van der Waals surface area contributed by atoms with Gasteiger partial charge in [-0.05, 0) is 46.5 Å². The fourth-order valence-electron chi connectivity index (χ4n) is 2.78. The van der Waals surface area contributed by atoms with E-state index in [1.807, 2.05) is 66.7 Å². The molecule has 4 heteroatoms. The molecule has 0 aliphatic rings. The molecule has 0 saturated carbocycles. The van der Waals surface area contributed by atoms with Crippen molar-refractivity contribution < 1.29 is 19.4 Å². The minimum atomic E-state index is -0.879. The van der Waals surface area contributed by atoms with Gasteiger partial charge in [0.2, 0.25) is 0 Å². The first-order valence-electron chi connectivity index (χ1n) is 8.31. The normalized spacial score (nSPS) is 10.3. The number of methoxy groups -OCH3 is 1. The molecule has 0 atom stereocenters. The Morgan fingerprint density at radius 1 is 0.923 bits per heavy atom. The Kier molecular flexibility index (Phi) is 5.54. The van der Waals surface area contributed by atoms with Crippen molar-refractivity contribution in [3.63, 3.8) is 0 Å². The topological polar surface area (TPSA) is 55.8 Å². The number of carboxylic acid groups (broad SMARTS) is 1. The van der Waals surface area contributed by atoms with Gasteiger partial charge in [0.15, 0.2) is 0 Å². The summed E-state index contributed by atoms with van der Waals surface area (Å²) in [6, 6.07) is 23.1. The third-order valence-electron chi connectivity index (χ3n) is 4.05. The largest absolute Gasteiger partial charge is 0.497 e. The maximum Gasteiger partial charge on any atom is 0.307 e. The second-order valence-electron chi connectivity index (χ2n) is 5.90. The zero-order chi connectivity index (χ0) is 18.4. The highest BCUT2D eigenvalue weighted by atomic mass is 16.5. The molecule has 132 valence electrons. The van der Waals surface area contributed by atoms with E-state index in [4.69, 9.17) is 9.47 Å².